The number of hydrogen-bond donors (Lipinski definition) is 0. The molecule has 0 saturated carbocycles. The zero-order valence-corrected chi connectivity index (χ0v) is 7.52. The van der Waals surface area contributed by atoms with E-state index in [0.29, 0.717) is 6.61 Å². The number of carbonyl (C=O) groups excluding carboxylic acids is 1. The molecule has 0 heterocycles. The summed E-state index contributed by atoms with van der Waals surface area (Å²) in [5, 5.41) is 0. The second kappa shape index (κ2) is 4.94. The van der Waals surface area contributed by atoms with Crippen LogP contribution in [0.3, 0.4) is 0 Å². The fraction of sp³-hybridized carbons (Fsp3) is 0.667. The van der Waals surface area contributed by atoms with Crippen LogP contribution < -0.4 is 0 Å². The quantitative estimate of drug-likeness (QED) is 0.460. The third kappa shape index (κ3) is 5.64. The Morgan fingerprint density at radius 3 is 2.45 bits per heavy atom. The number of rotatable bonds is 4. The van der Waals surface area contributed by atoms with Crippen LogP contribution in [0.5, 0.6) is 0 Å². The van der Waals surface area contributed by atoms with Gasteiger partial charge in [0.15, 0.2) is 0 Å². The average Bonchev–Trinajstić information content (AvgIpc) is 1.86. The Balaban J connectivity index is 3.39. The zero-order chi connectivity index (χ0) is 8.85. The Bertz CT molecular complexity index is 148. The summed E-state index contributed by atoms with van der Waals surface area (Å²) in [6.07, 6.45) is 0.762. The Labute approximate surface area is 68.2 Å². The minimum Gasteiger partial charge on any atom is -0.465 e. The van der Waals surface area contributed by atoms with Crippen molar-refractivity contribution in [2.45, 2.75) is 27.2 Å². The molecule has 2 nitrogen and oxygen atoms in total. The fourth-order valence-corrected chi connectivity index (χ4v) is 0.493. The lowest BCUT2D eigenvalue weighted by atomic mass is 10.2. The highest BCUT2D eigenvalue weighted by Crippen LogP contribution is 1.99. The molecule has 0 aromatic rings. The smallest absolute Gasteiger partial charge is 0.308 e. The van der Waals surface area contributed by atoms with Crippen molar-refractivity contribution >= 4 is 5.97 Å². The van der Waals surface area contributed by atoms with Gasteiger partial charge in [0, 0.05) is 6.42 Å². The Kier molecular flexibility index (Phi) is 4.59. The Hall–Kier alpha value is -0.790. The molecule has 0 radical (unpaired) electrons. The van der Waals surface area contributed by atoms with Crippen LogP contribution in [0.15, 0.2) is 12.2 Å². The van der Waals surface area contributed by atoms with Crippen molar-refractivity contribution in [3.05, 3.63) is 12.2 Å². The summed E-state index contributed by atoms with van der Waals surface area (Å²) < 4.78 is 4.91. The van der Waals surface area contributed by atoms with E-state index in [1.807, 2.05) is 20.8 Å². The van der Waals surface area contributed by atoms with Gasteiger partial charge in [-0.1, -0.05) is 19.4 Å². The predicted molar refractivity (Wildman–Crippen MR) is 45.2 cm³/mol. The summed E-state index contributed by atoms with van der Waals surface area (Å²) in [6.45, 7) is 9.74. The molecule has 0 spiro atoms. The van der Waals surface area contributed by atoms with Gasteiger partial charge in [-0.25, -0.2) is 0 Å². The predicted octanol–water partition coefficient (Wildman–Crippen LogP) is 2.15. The lowest BCUT2D eigenvalue weighted by Crippen LogP contribution is -2.12. The van der Waals surface area contributed by atoms with Crippen molar-refractivity contribution in [2.75, 3.05) is 6.61 Å². The van der Waals surface area contributed by atoms with E-state index in [1.54, 1.807) is 0 Å². The molecule has 0 unspecified atom stereocenters. The van der Waals surface area contributed by atoms with Gasteiger partial charge >= 0.3 is 5.97 Å². The number of ether oxygens (including phenoxy) is 1. The van der Waals surface area contributed by atoms with E-state index in [2.05, 4.69) is 6.58 Å². The van der Waals surface area contributed by atoms with Gasteiger partial charge < -0.3 is 4.74 Å². The third-order valence-electron chi connectivity index (χ3n) is 1.24. The van der Waals surface area contributed by atoms with E-state index in [1.165, 1.54) is 0 Å². The van der Waals surface area contributed by atoms with Gasteiger partial charge in [-0.05, 0) is 6.92 Å². The maximum atomic E-state index is 10.9. The molecule has 0 rings (SSSR count). The number of carbonyl (C=O) groups is 1. The number of hydrogen-bond acceptors (Lipinski definition) is 2. The molecule has 11 heavy (non-hydrogen) atoms. The first-order valence-corrected chi connectivity index (χ1v) is 3.85. The lowest BCUT2D eigenvalue weighted by molar-refractivity contribution is -0.147. The second-order valence-electron chi connectivity index (χ2n) is 3.03. The van der Waals surface area contributed by atoms with Crippen LogP contribution >= 0.6 is 0 Å². The first-order valence-electron chi connectivity index (χ1n) is 3.85. The SMILES string of the molecule is C=C(C)CCOC(=O)C(C)C. The summed E-state index contributed by atoms with van der Waals surface area (Å²) in [5.74, 6) is -0.161. The summed E-state index contributed by atoms with van der Waals surface area (Å²) >= 11 is 0. The van der Waals surface area contributed by atoms with Crippen LogP contribution in [0, 0.1) is 5.92 Å². The van der Waals surface area contributed by atoms with E-state index < -0.39 is 0 Å². The zero-order valence-electron chi connectivity index (χ0n) is 7.52. The van der Waals surface area contributed by atoms with Crippen LogP contribution in [0.25, 0.3) is 0 Å². The molecule has 0 saturated heterocycles. The van der Waals surface area contributed by atoms with E-state index >= 15 is 0 Å². The first-order chi connectivity index (χ1) is 5.04. The van der Waals surface area contributed by atoms with Crippen LogP contribution in [-0.4, -0.2) is 12.6 Å². The average molecular weight is 156 g/mol. The van der Waals surface area contributed by atoms with Crippen molar-refractivity contribution in [1.82, 2.24) is 0 Å². The van der Waals surface area contributed by atoms with Crippen molar-refractivity contribution in [2.24, 2.45) is 5.92 Å². The highest BCUT2D eigenvalue weighted by atomic mass is 16.5. The monoisotopic (exact) mass is 156 g/mol. The topological polar surface area (TPSA) is 26.3 Å². The molecule has 64 valence electrons. The largest absolute Gasteiger partial charge is 0.465 e. The summed E-state index contributed by atoms with van der Waals surface area (Å²) in [6, 6.07) is 0. The summed E-state index contributed by atoms with van der Waals surface area (Å²) in [5.41, 5.74) is 1.04. The highest BCUT2D eigenvalue weighted by Gasteiger charge is 2.06. The number of esters is 1. The molecular weight excluding hydrogens is 140 g/mol. The molecular formula is C9H16O2. The third-order valence-corrected chi connectivity index (χ3v) is 1.24. The molecule has 0 aromatic heterocycles. The minimum absolute atomic E-state index is 0.0277. The van der Waals surface area contributed by atoms with Gasteiger partial charge in [0.05, 0.1) is 12.5 Å². The summed E-state index contributed by atoms with van der Waals surface area (Å²) in [4.78, 5) is 10.9. The van der Waals surface area contributed by atoms with Gasteiger partial charge in [0.25, 0.3) is 0 Å². The maximum Gasteiger partial charge on any atom is 0.308 e. The highest BCUT2D eigenvalue weighted by molar-refractivity contribution is 5.71. The molecule has 0 aliphatic heterocycles. The molecule has 0 atom stereocenters. The Morgan fingerprint density at radius 2 is 2.09 bits per heavy atom. The van der Waals surface area contributed by atoms with Gasteiger partial charge in [-0.15, -0.1) is 6.58 Å². The van der Waals surface area contributed by atoms with Gasteiger partial charge in [0.2, 0.25) is 0 Å². The fourth-order valence-electron chi connectivity index (χ4n) is 0.493. The lowest BCUT2D eigenvalue weighted by Gasteiger charge is -2.05. The van der Waals surface area contributed by atoms with Crippen LogP contribution in [0.1, 0.15) is 27.2 Å². The van der Waals surface area contributed by atoms with Gasteiger partial charge in [-0.2, -0.15) is 0 Å². The van der Waals surface area contributed by atoms with E-state index in [9.17, 15) is 4.79 Å². The van der Waals surface area contributed by atoms with Crippen molar-refractivity contribution in [3.8, 4) is 0 Å². The normalized spacial score (nSPS) is 9.82. The molecule has 0 amide bonds. The first kappa shape index (κ1) is 10.2. The van der Waals surface area contributed by atoms with E-state index in [4.69, 9.17) is 4.74 Å². The Morgan fingerprint density at radius 1 is 1.55 bits per heavy atom. The maximum absolute atomic E-state index is 10.9. The minimum atomic E-state index is -0.133. The standard InChI is InChI=1S/C9H16O2/c1-7(2)5-6-11-9(10)8(3)4/h8H,1,5-6H2,2-4H3. The van der Waals surface area contributed by atoms with Gasteiger partial charge in [0.1, 0.15) is 0 Å². The molecule has 0 aromatic carbocycles. The molecule has 0 bridgehead atoms. The van der Waals surface area contributed by atoms with Crippen molar-refractivity contribution in [1.29, 1.82) is 0 Å². The van der Waals surface area contributed by atoms with Crippen LogP contribution in [0.4, 0.5) is 0 Å². The molecule has 0 aliphatic carbocycles. The van der Waals surface area contributed by atoms with Crippen molar-refractivity contribution in [3.63, 3.8) is 0 Å². The molecule has 0 aliphatic rings. The van der Waals surface area contributed by atoms with E-state index in [-0.39, 0.29) is 11.9 Å². The summed E-state index contributed by atoms with van der Waals surface area (Å²) in [7, 11) is 0. The van der Waals surface area contributed by atoms with Gasteiger partial charge in [-0.3, -0.25) is 4.79 Å². The van der Waals surface area contributed by atoms with Crippen molar-refractivity contribution < 1.29 is 9.53 Å². The molecule has 2 heteroatoms. The van der Waals surface area contributed by atoms with Crippen LogP contribution in [0.2, 0.25) is 0 Å². The van der Waals surface area contributed by atoms with Crippen LogP contribution in [-0.2, 0) is 9.53 Å². The molecule has 0 N–H and O–H groups in total. The second-order valence-corrected chi connectivity index (χ2v) is 3.03. The van der Waals surface area contributed by atoms with E-state index in [0.717, 1.165) is 12.0 Å². The molecule has 0 fully saturated rings.